The van der Waals surface area contributed by atoms with Crippen LogP contribution in [0.5, 0.6) is 46.0 Å². The molecule has 12 nitrogen and oxygen atoms in total. The lowest BCUT2D eigenvalue weighted by Gasteiger charge is -2.36. The lowest BCUT2D eigenvalue weighted by molar-refractivity contribution is 0.0214. The first-order valence-corrected chi connectivity index (χ1v) is 23.8. The van der Waals surface area contributed by atoms with Crippen LogP contribution in [0.1, 0.15) is 65.2 Å². The Morgan fingerprint density at radius 3 is 1.20 bits per heavy atom. The average molecular weight is 965 g/mol. The Morgan fingerprint density at radius 2 is 0.786 bits per heavy atom. The van der Waals surface area contributed by atoms with Crippen LogP contribution in [0.2, 0.25) is 0 Å². The number of carbonyl (C=O) groups is 4. The fourth-order valence-corrected chi connectivity index (χ4v) is 10.4. The van der Waals surface area contributed by atoms with Crippen LogP contribution in [-0.4, -0.2) is 32.8 Å². The first-order valence-electron chi connectivity index (χ1n) is 21.8. The van der Waals surface area contributed by atoms with E-state index in [0.717, 1.165) is 34.7 Å². The number of aromatic hydroxyl groups is 2. The molecular weight excluding hydrogens is 929 g/mol. The molecule has 8 aromatic rings. The van der Waals surface area contributed by atoms with Crippen LogP contribution in [0.3, 0.4) is 0 Å². The summed E-state index contributed by atoms with van der Waals surface area (Å²) in [6.45, 7) is 0. The molecule has 4 aliphatic heterocycles. The zero-order valence-corrected chi connectivity index (χ0v) is 38.2. The molecule has 0 unspecified atom stereocenters. The number of hydrogen-bond donors (Lipinski definition) is 2. The minimum atomic E-state index is -1.31. The average Bonchev–Trinajstić information content (AvgIpc) is 3.83. The maximum atomic E-state index is 13.2. The van der Waals surface area contributed by atoms with Gasteiger partial charge in [-0.2, -0.15) is 0 Å². The van der Waals surface area contributed by atoms with Gasteiger partial charge >= 0.3 is 22.5 Å². The standard InChI is InChI=1S/C36H24O7S2.C20H12O5/c37-33-27-13-7-8-14-28(27)36(43-33)29-17-15-25(40-34(38)44-21-23-9-3-1-4-10-23)19-31(29)42-32-20-26(16-18-30(32)36)41-35(39)45-22-24-11-5-2-6-12-24;21-11-5-7-15-17(9-11)24-18-10-12(22)6-8-16(18)20(15)14-4-2-1-3-13(14)19(23)25-20/h1-20H,21-22H2;1-10,21-22H. The predicted molar refractivity (Wildman–Crippen MR) is 260 cm³/mol. The SMILES string of the molecule is O=C(Oc1ccc2c(c1)Oc1cc(OC(=O)SCc3ccccc3)ccc1C21OC(=O)c2ccccc21)SCc1ccccc1.O=C1OC2(c3ccc(O)cc3Oc3cc(O)ccc32)c2ccccc21. The number of benzene rings is 8. The molecule has 0 amide bonds. The summed E-state index contributed by atoms with van der Waals surface area (Å²) in [6, 6.07) is 53.1. The largest absolute Gasteiger partial charge is 0.508 e. The maximum Gasteiger partial charge on any atom is 0.373 e. The molecule has 0 radical (unpaired) electrons. The van der Waals surface area contributed by atoms with E-state index in [0.29, 0.717) is 79.0 Å². The molecule has 70 heavy (non-hydrogen) atoms. The summed E-state index contributed by atoms with van der Waals surface area (Å²) in [5.41, 5.74) is 4.23. The molecule has 0 atom stereocenters. The van der Waals surface area contributed by atoms with Crippen molar-refractivity contribution in [1.82, 2.24) is 0 Å². The minimum absolute atomic E-state index is 0.0371. The Hall–Kier alpha value is -8.46. The van der Waals surface area contributed by atoms with Gasteiger partial charge in [-0.1, -0.05) is 97.1 Å². The molecule has 2 spiro atoms. The molecule has 4 aliphatic rings. The van der Waals surface area contributed by atoms with E-state index in [-0.39, 0.29) is 23.0 Å². The molecule has 0 aromatic heterocycles. The van der Waals surface area contributed by atoms with Gasteiger partial charge in [0, 0.05) is 69.2 Å². The Kier molecular flexibility index (Phi) is 11.3. The Morgan fingerprint density at radius 1 is 0.429 bits per heavy atom. The summed E-state index contributed by atoms with van der Waals surface area (Å²) < 4.78 is 35.6. The third-order valence-corrected chi connectivity index (χ3v) is 13.7. The predicted octanol–water partition coefficient (Wildman–Crippen LogP) is 12.8. The monoisotopic (exact) mass is 964 g/mol. The van der Waals surface area contributed by atoms with Gasteiger partial charge in [-0.25, -0.2) is 19.2 Å². The number of ether oxygens (including phenoxy) is 6. The number of esters is 2. The van der Waals surface area contributed by atoms with Crippen molar-refractivity contribution in [3.63, 3.8) is 0 Å². The second-order valence-electron chi connectivity index (χ2n) is 16.4. The molecule has 0 fully saturated rings. The Bertz CT molecular complexity index is 3250. The lowest BCUT2D eigenvalue weighted by Crippen LogP contribution is -2.33. The molecule has 8 aromatic carbocycles. The number of hydrogen-bond acceptors (Lipinski definition) is 14. The maximum absolute atomic E-state index is 13.2. The number of phenols is 2. The van der Waals surface area contributed by atoms with Gasteiger partial charge in [-0.3, -0.25) is 0 Å². The van der Waals surface area contributed by atoms with Crippen LogP contribution in [0.15, 0.2) is 182 Å². The third kappa shape index (κ3) is 7.82. The van der Waals surface area contributed by atoms with Crippen molar-refractivity contribution in [1.29, 1.82) is 0 Å². The molecule has 14 heteroatoms. The van der Waals surface area contributed by atoms with Crippen molar-refractivity contribution in [3.05, 3.63) is 238 Å². The molecular formula is C56H36O12S2. The highest BCUT2D eigenvalue weighted by molar-refractivity contribution is 8.12. The van der Waals surface area contributed by atoms with Gasteiger partial charge in [0.05, 0.1) is 11.1 Å². The molecule has 0 saturated carbocycles. The van der Waals surface area contributed by atoms with Gasteiger partial charge < -0.3 is 38.6 Å². The summed E-state index contributed by atoms with van der Waals surface area (Å²) in [7, 11) is 0. The Labute approximate surface area is 408 Å². The van der Waals surface area contributed by atoms with Crippen molar-refractivity contribution in [2.45, 2.75) is 22.7 Å². The van der Waals surface area contributed by atoms with Crippen molar-refractivity contribution in [2.75, 3.05) is 0 Å². The highest BCUT2D eigenvalue weighted by Crippen LogP contribution is 2.58. The van der Waals surface area contributed by atoms with Gasteiger partial charge in [0.25, 0.3) is 0 Å². The fraction of sp³-hybridized carbons (Fsp3) is 0.0714. The van der Waals surface area contributed by atoms with Crippen molar-refractivity contribution in [3.8, 4) is 46.0 Å². The van der Waals surface area contributed by atoms with Crippen LogP contribution >= 0.6 is 23.5 Å². The second kappa shape index (κ2) is 17.9. The van der Waals surface area contributed by atoms with Crippen molar-refractivity contribution < 1.29 is 57.8 Å². The summed E-state index contributed by atoms with van der Waals surface area (Å²) in [5.74, 6) is 2.10. The van der Waals surface area contributed by atoms with E-state index < -0.39 is 33.7 Å². The molecule has 12 rings (SSSR count). The first kappa shape index (κ1) is 44.1. The molecule has 4 heterocycles. The van der Waals surface area contributed by atoms with Crippen LogP contribution in [0, 0.1) is 0 Å². The number of phenolic OH excluding ortho intramolecular Hbond substituents is 2. The van der Waals surface area contributed by atoms with Gasteiger partial charge in [0.2, 0.25) is 0 Å². The highest BCUT2D eigenvalue weighted by atomic mass is 32.2. The van der Waals surface area contributed by atoms with Crippen LogP contribution in [0.25, 0.3) is 0 Å². The number of rotatable bonds is 6. The second-order valence-corrected chi connectivity index (χ2v) is 18.2. The van der Waals surface area contributed by atoms with Gasteiger partial charge in [0.15, 0.2) is 11.2 Å². The van der Waals surface area contributed by atoms with E-state index in [1.54, 1.807) is 72.8 Å². The Balaban J connectivity index is 0.000000179. The highest BCUT2D eigenvalue weighted by Gasteiger charge is 2.55. The minimum Gasteiger partial charge on any atom is -0.508 e. The summed E-state index contributed by atoms with van der Waals surface area (Å²) >= 11 is 2.10. The topological polar surface area (TPSA) is 164 Å². The van der Waals surface area contributed by atoms with E-state index in [1.807, 2.05) is 84.9 Å². The normalized spacial score (nSPS) is 14.3. The molecule has 0 aliphatic carbocycles. The quantitative estimate of drug-likeness (QED) is 0.151. The van der Waals surface area contributed by atoms with E-state index in [9.17, 15) is 29.4 Å². The van der Waals surface area contributed by atoms with Gasteiger partial charge in [0.1, 0.15) is 46.0 Å². The fourth-order valence-electron chi connectivity index (χ4n) is 9.10. The molecule has 344 valence electrons. The first-order chi connectivity index (χ1) is 34.1. The molecule has 0 saturated heterocycles. The summed E-state index contributed by atoms with van der Waals surface area (Å²) in [6.07, 6.45) is 0. The van der Waals surface area contributed by atoms with E-state index in [2.05, 4.69) is 0 Å². The molecule has 2 N–H and O–H groups in total. The summed E-state index contributed by atoms with van der Waals surface area (Å²) in [4.78, 5) is 51.0. The zero-order valence-electron chi connectivity index (χ0n) is 36.5. The molecule has 0 bridgehead atoms. The number of carbonyl (C=O) groups excluding carboxylic acids is 4. The number of thioether (sulfide) groups is 2. The smallest absolute Gasteiger partial charge is 0.373 e. The van der Waals surface area contributed by atoms with Crippen LogP contribution < -0.4 is 18.9 Å². The van der Waals surface area contributed by atoms with Gasteiger partial charge in [-0.15, -0.1) is 0 Å². The van der Waals surface area contributed by atoms with Gasteiger partial charge in [-0.05, 0) is 95.3 Å². The third-order valence-electron chi connectivity index (χ3n) is 12.1. The van der Waals surface area contributed by atoms with Crippen LogP contribution in [-0.2, 0) is 32.2 Å². The number of fused-ring (bicyclic) bond motifs is 12. The van der Waals surface area contributed by atoms with E-state index >= 15 is 0 Å². The van der Waals surface area contributed by atoms with E-state index in [4.69, 9.17) is 28.4 Å². The van der Waals surface area contributed by atoms with Crippen molar-refractivity contribution >= 4 is 46.1 Å². The van der Waals surface area contributed by atoms with Crippen molar-refractivity contribution in [2.24, 2.45) is 0 Å². The van der Waals surface area contributed by atoms with E-state index in [1.165, 1.54) is 24.3 Å². The van der Waals surface area contributed by atoms with Crippen LogP contribution in [0.4, 0.5) is 9.59 Å². The summed E-state index contributed by atoms with van der Waals surface area (Å²) in [5, 5.41) is 18.7. The lowest BCUT2D eigenvalue weighted by atomic mass is 9.77. The zero-order chi connectivity index (χ0) is 48.0.